The van der Waals surface area contributed by atoms with Crippen molar-refractivity contribution in [3.05, 3.63) is 0 Å². The van der Waals surface area contributed by atoms with Crippen molar-refractivity contribution in [1.29, 1.82) is 0 Å². The summed E-state index contributed by atoms with van der Waals surface area (Å²) in [4.78, 5) is 17.6. The van der Waals surface area contributed by atoms with E-state index in [0.29, 0.717) is 6.04 Å². The highest BCUT2D eigenvalue weighted by Gasteiger charge is 2.21. The number of carbonyl (C=O) groups excluding carboxylic acids is 1. The number of amides is 1. The van der Waals surface area contributed by atoms with Crippen LogP contribution in [0.5, 0.6) is 0 Å². The summed E-state index contributed by atoms with van der Waals surface area (Å²) in [6, 6.07) is 0.491. The van der Waals surface area contributed by atoms with Gasteiger partial charge < -0.3 is 15.5 Å². The van der Waals surface area contributed by atoms with E-state index in [0.717, 1.165) is 18.4 Å². The number of nitrogens with zero attached hydrogens (tertiary/aromatic N) is 2. The Balaban J connectivity index is 0.00000441. The van der Waals surface area contributed by atoms with Gasteiger partial charge in [-0.2, -0.15) is 0 Å². The second-order valence-corrected chi connectivity index (χ2v) is 6.13. The molecular formula is C16H33IN4O. The monoisotopic (exact) mass is 424 g/mol. The number of likely N-dealkylation sites (N-methyl/N-ethyl adjacent to an activating group) is 1. The van der Waals surface area contributed by atoms with Gasteiger partial charge in [0.15, 0.2) is 5.96 Å². The van der Waals surface area contributed by atoms with Gasteiger partial charge in [-0.25, -0.2) is 4.99 Å². The van der Waals surface area contributed by atoms with E-state index in [4.69, 9.17) is 0 Å². The summed E-state index contributed by atoms with van der Waals surface area (Å²) in [5, 5.41) is 6.71. The van der Waals surface area contributed by atoms with Crippen LogP contribution in [-0.4, -0.2) is 50.0 Å². The predicted octanol–water partition coefficient (Wildman–Crippen LogP) is 2.61. The minimum Gasteiger partial charge on any atom is -0.357 e. The topological polar surface area (TPSA) is 56.7 Å². The molecular weight excluding hydrogens is 391 g/mol. The molecule has 0 heterocycles. The summed E-state index contributed by atoms with van der Waals surface area (Å²) in [6.07, 6.45) is 7.67. The highest BCUT2D eigenvalue weighted by atomic mass is 127. The van der Waals surface area contributed by atoms with E-state index < -0.39 is 0 Å². The minimum absolute atomic E-state index is 0. The second-order valence-electron chi connectivity index (χ2n) is 6.13. The summed E-state index contributed by atoms with van der Waals surface area (Å²) in [5.74, 6) is 1.70. The number of rotatable bonds is 6. The molecule has 1 saturated carbocycles. The van der Waals surface area contributed by atoms with Crippen molar-refractivity contribution in [3.8, 4) is 0 Å². The van der Waals surface area contributed by atoms with Crippen LogP contribution in [0.15, 0.2) is 4.99 Å². The van der Waals surface area contributed by atoms with Crippen LogP contribution in [0.3, 0.4) is 0 Å². The standard InChI is InChI=1S/C16H32N4O.HI/c1-5-7-13-8-10-14(11-9-13)19-16(17-6-2)18-12-15(21)20(3)4;/h13-14H,5-12H2,1-4H3,(H2,17,18,19);1H. The van der Waals surface area contributed by atoms with Crippen molar-refractivity contribution in [2.45, 2.75) is 58.4 Å². The molecule has 0 aromatic carbocycles. The lowest BCUT2D eigenvalue weighted by atomic mass is 9.83. The molecule has 0 atom stereocenters. The first-order valence-electron chi connectivity index (χ1n) is 8.31. The van der Waals surface area contributed by atoms with Gasteiger partial charge in [0.1, 0.15) is 6.54 Å². The lowest BCUT2D eigenvalue weighted by Gasteiger charge is -2.30. The molecule has 1 amide bonds. The molecule has 1 aliphatic carbocycles. The quantitative estimate of drug-likeness (QED) is 0.392. The average molecular weight is 424 g/mol. The molecule has 0 spiro atoms. The van der Waals surface area contributed by atoms with Crippen molar-refractivity contribution in [2.75, 3.05) is 27.2 Å². The maximum Gasteiger partial charge on any atom is 0.243 e. The largest absolute Gasteiger partial charge is 0.357 e. The van der Waals surface area contributed by atoms with Crippen molar-refractivity contribution in [2.24, 2.45) is 10.9 Å². The molecule has 22 heavy (non-hydrogen) atoms. The second kappa shape index (κ2) is 12.0. The summed E-state index contributed by atoms with van der Waals surface area (Å²) < 4.78 is 0. The first-order valence-corrected chi connectivity index (χ1v) is 8.31. The normalized spacial score (nSPS) is 21.7. The molecule has 0 aromatic rings. The fraction of sp³-hybridized carbons (Fsp3) is 0.875. The molecule has 6 heteroatoms. The smallest absolute Gasteiger partial charge is 0.243 e. The third-order valence-corrected chi connectivity index (χ3v) is 4.10. The van der Waals surface area contributed by atoms with Crippen LogP contribution in [0.2, 0.25) is 0 Å². The van der Waals surface area contributed by atoms with Gasteiger partial charge in [-0.15, -0.1) is 24.0 Å². The Morgan fingerprint density at radius 3 is 2.32 bits per heavy atom. The van der Waals surface area contributed by atoms with E-state index in [1.807, 2.05) is 6.92 Å². The zero-order chi connectivity index (χ0) is 15.7. The molecule has 0 aromatic heterocycles. The number of guanidine groups is 1. The first-order chi connectivity index (χ1) is 10.1. The number of aliphatic imine (C=N–C) groups is 1. The molecule has 0 radical (unpaired) electrons. The Morgan fingerprint density at radius 2 is 1.82 bits per heavy atom. The summed E-state index contributed by atoms with van der Waals surface area (Å²) >= 11 is 0. The Hall–Kier alpha value is -0.530. The predicted molar refractivity (Wildman–Crippen MR) is 104 cm³/mol. The van der Waals surface area contributed by atoms with Crippen molar-refractivity contribution >= 4 is 35.8 Å². The van der Waals surface area contributed by atoms with Crippen LogP contribution >= 0.6 is 24.0 Å². The molecule has 130 valence electrons. The molecule has 1 aliphatic rings. The Labute approximate surface area is 152 Å². The van der Waals surface area contributed by atoms with E-state index in [9.17, 15) is 4.79 Å². The van der Waals surface area contributed by atoms with E-state index in [1.165, 1.54) is 38.5 Å². The Morgan fingerprint density at radius 1 is 1.18 bits per heavy atom. The maximum atomic E-state index is 11.6. The van der Waals surface area contributed by atoms with E-state index in [-0.39, 0.29) is 36.4 Å². The third kappa shape index (κ3) is 8.19. The highest BCUT2D eigenvalue weighted by Crippen LogP contribution is 2.27. The Bertz CT molecular complexity index is 339. The minimum atomic E-state index is 0. The van der Waals surface area contributed by atoms with Gasteiger partial charge in [-0.05, 0) is 38.5 Å². The molecule has 2 N–H and O–H groups in total. The molecule has 0 saturated heterocycles. The summed E-state index contributed by atoms with van der Waals surface area (Å²) in [5.41, 5.74) is 0. The fourth-order valence-corrected chi connectivity index (χ4v) is 2.81. The van der Waals surface area contributed by atoms with Crippen LogP contribution in [0, 0.1) is 5.92 Å². The third-order valence-electron chi connectivity index (χ3n) is 4.10. The number of halogens is 1. The lowest BCUT2D eigenvalue weighted by molar-refractivity contribution is -0.127. The van der Waals surface area contributed by atoms with Gasteiger partial charge >= 0.3 is 0 Å². The van der Waals surface area contributed by atoms with Crippen LogP contribution in [0.4, 0.5) is 0 Å². The van der Waals surface area contributed by atoms with E-state index in [1.54, 1.807) is 19.0 Å². The molecule has 0 unspecified atom stereocenters. The first kappa shape index (κ1) is 21.5. The number of nitrogens with one attached hydrogen (secondary N) is 2. The van der Waals surface area contributed by atoms with Crippen molar-refractivity contribution in [1.82, 2.24) is 15.5 Å². The molecule has 0 bridgehead atoms. The number of carbonyl (C=O) groups is 1. The van der Waals surface area contributed by atoms with Crippen LogP contribution < -0.4 is 10.6 Å². The van der Waals surface area contributed by atoms with Crippen LogP contribution in [-0.2, 0) is 4.79 Å². The lowest BCUT2D eigenvalue weighted by Crippen LogP contribution is -2.45. The summed E-state index contributed by atoms with van der Waals surface area (Å²) in [7, 11) is 3.51. The van der Waals surface area contributed by atoms with Crippen LogP contribution in [0.25, 0.3) is 0 Å². The maximum absolute atomic E-state index is 11.6. The van der Waals surface area contributed by atoms with Gasteiger partial charge in [0.2, 0.25) is 5.91 Å². The molecule has 1 rings (SSSR count). The van der Waals surface area contributed by atoms with E-state index in [2.05, 4.69) is 22.5 Å². The SMILES string of the molecule is CCCC1CCC(NC(=NCC(=O)N(C)C)NCC)CC1.I. The van der Waals surface area contributed by atoms with Gasteiger partial charge in [0.05, 0.1) is 0 Å². The number of hydrogen-bond donors (Lipinski definition) is 2. The van der Waals surface area contributed by atoms with E-state index >= 15 is 0 Å². The van der Waals surface area contributed by atoms with Crippen molar-refractivity contribution in [3.63, 3.8) is 0 Å². The molecule has 1 fully saturated rings. The Kier molecular flexibility index (Phi) is 11.7. The fourth-order valence-electron chi connectivity index (χ4n) is 2.81. The van der Waals surface area contributed by atoms with Gasteiger partial charge in [0, 0.05) is 26.7 Å². The molecule has 0 aliphatic heterocycles. The number of hydrogen-bond acceptors (Lipinski definition) is 2. The zero-order valence-corrected chi connectivity index (χ0v) is 16.9. The van der Waals surface area contributed by atoms with Gasteiger partial charge in [-0.3, -0.25) is 4.79 Å². The molecule has 5 nitrogen and oxygen atoms in total. The summed E-state index contributed by atoms with van der Waals surface area (Å²) in [6.45, 7) is 5.33. The average Bonchev–Trinajstić information content (AvgIpc) is 2.46. The zero-order valence-electron chi connectivity index (χ0n) is 14.5. The van der Waals surface area contributed by atoms with Crippen LogP contribution in [0.1, 0.15) is 52.4 Å². The van der Waals surface area contributed by atoms with Gasteiger partial charge in [0.25, 0.3) is 0 Å². The van der Waals surface area contributed by atoms with Crippen molar-refractivity contribution < 1.29 is 4.79 Å². The van der Waals surface area contributed by atoms with Gasteiger partial charge in [-0.1, -0.05) is 19.8 Å². The highest BCUT2D eigenvalue weighted by molar-refractivity contribution is 14.0.